The highest BCUT2D eigenvalue weighted by Gasteiger charge is 2.19. The molecule has 0 aliphatic heterocycles. The predicted octanol–water partition coefficient (Wildman–Crippen LogP) is 6.80. The number of ether oxygens (including phenoxy) is 2. The molecule has 4 rings (SSSR count). The molecule has 3 aromatic carbocycles. The third-order valence-electron chi connectivity index (χ3n) is 6.50. The summed E-state index contributed by atoms with van der Waals surface area (Å²) in [6.45, 7) is 11.5. The molecule has 4 aromatic rings. The summed E-state index contributed by atoms with van der Waals surface area (Å²) in [6.07, 6.45) is -0.160. The number of benzene rings is 3. The van der Waals surface area contributed by atoms with Crippen molar-refractivity contribution < 1.29 is 9.47 Å². The lowest BCUT2D eigenvalue weighted by atomic mass is 10.1. The molecular formula is C32H39N3O2. The van der Waals surface area contributed by atoms with Gasteiger partial charge in [-0.1, -0.05) is 78.9 Å². The zero-order valence-corrected chi connectivity index (χ0v) is 22.5. The summed E-state index contributed by atoms with van der Waals surface area (Å²) in [5.41, 5.74) is 4.25. The van der Waals surface area contributed by atoms with E-state index in [1.54, 1.807) is 0 Å². The van der Waals surface area contributed by atoms with Crippen LogP contribution >= 0.6 is 0 Å². The van der Waals surface area contributed by atoms with E-state index in [4.69, 9.17) is 14.6 Å². The van der Waals surface area contributed by atoms with Gasteiger partial charge in [-0.2, -0.15) is 5.10 Å². The maximum absolute atomic E-state index is 6.48. The lowest BCUT2D eigenvalue weighted by Crippen LogP contribution is -2.40. The molecule has 37 heavy (non-hydrogen) atoms. The summed E-state index contributed by atoms with van der Waals surface area (Å²) in [6, 6.07) is 33.8. The van der Waals surface area contributed by atoms with Gasteiger partial charge in [-0.05, 0) is 51.5 Å². The Kier molecular flexibility index (Phi) is 9.52. The van der Waals surface area contributed by atoms with Gasteiger partial charge in [-0.3, -0.25) is 9.58 Å². The molecule has 0 amide bonds. The first-order valence-electron chi connectivity index (χ1n) is 13.2. The van der Waals surface area contributed by atoms with Gasteiger partial charge in [-0.25, -0.2) is 0 Å². The molecule has 5 nitrogen and oxygen atoms in total. The topological polar surface area (TPSA) is 39.5 Å². The van der Waals surface area contributed by atoms with Gasteiger partial charge >= 0.3 is 0 Å². The van der Waals surface area contributed by atoms with Crippen molar-refractivity contribution in [3.05, 3.63) is 97.1 Å². The van der Waals surface area contributed by atoms with Crippen LogP contribution in [0.2, 0.25) is 0 Å². The highest BCUT2D eigenvalue weighted by Crippen LogP contribution is 2.27. The van der Waals surface area contributed by atoms with Crippen LogP contribution in [-0.2, 0) is 11.3 Å². The molecule has 0 saturated carbocycles. The largest absolute Gasteiger partial charge is 0.491 e. The van der Waals surface area contributed by atoms with E-state index in [1.165, 1.54) is 0 Å². The predicted molar refractivity (Wildman–Crippen MR) is 152 cm³/mol. The van der Waals surface area contributed by atoms with Crippen molar-refractivity contribution in [2.45, 2.75) is 52.4 Å². The van der Waals surface area contributed by atoms with E-state index >= 15 is 0 Å². The van der Waals surface area contributed by atoms with Gasteiger partial charge in [-0.15, -0.1) is 0 Å². The van der Waals surface area contributed by atoms with Gasteiger partial charge < -0.3 is 9.47 Å². The molecule has 5 heteroatoms. The number of hydrogen-bond acceptors (Lipinski definition) is 4. The molecular weight excluding hydrogens is 458 g/mol. The zero-order chi connectivity index (χ0) is 26.0. The van der Waals surface area contributed by atoms with Gasteiger partial charge in [0.05, 0.1) is 24.5 Å². The van der Waals surface area contributed by atoms with Crippen molar-refractivity contribution in [2.75, 3.05) is 19.8 Å². The van der Waals surface area contributed by atoms with Gasteiger partial charge in [0.15, 0.2) is 0 Å². The highest BCUT2D eigenvalue weighted by atomic mass is 16.5. The van der Waals surface area contributed by atoms with Crippen molar-refractivity contribution in [1.82, 2.24) is 14.7 Å². The number of para-hydroxylation sites is 1. The summed E-state index contributed by atoms with van der Waals surface area (Å²) >= 11 is 0. The molecule has 0 radical (unpaired) electrons. The fraction of sp³-hybridized carbons (Fsp3) is 0.344. The minimum Gasteiger partial charge on any atom is -0.491 e. The first-order chi connectivity index (χ1) is 18.0. The Bertz CT molecular complexity index is 1180. The molecule has 194 valence electrons. The number of hydrogen-bond donors (Lipinski definition) is 0. The molecule has 0 spiro atoms. The van der Waals surface area contributed by atoms with Gasteiger partial charge in [0.25, 0.3) is 0 Å². The van der Waals surface area contributed by atoms with E-state index in [2.05, 4.69) is 79.7 Å². The Morgan fingerprint density at radius 3 is 1.92 bits per heavy atom. The summed E-state index contributed by atoms with van der Waals surface area (Å²) in [5.74, 6) is 0.843. The fourth-order valence-electron chi connectivity index (χ4n) is 4.64. The Morgan fingerprint density at radius 1 is 0.757 bits per heavy atom. The number of aromatic nitrogens is 2. The number of nitrogens with zero attached hydrogens (tertiary/aromatic N) is 3. The first kappa shape index (κ1) is 26.6. The lowest BCUT2D eigenvalue weighted by molar-refractivity contribution is -0.00827. The molecule has 0 N–H and O–H groups in total. The molecule has 1 atom stereocenters. The van der Waals surface area contributed by atoms with Crippen molar-refractivity contribution in [3.63, 3.8) is 0 Å². The second-order valence-electron chi connectivity index (χ2n) is 9.87. The molecule has 0 fully saturated rings. The summed E-state index contributed by atoms with van der Waals surface area (Å²) in [4.78, 5) is 2.45. The van der Waals surface area contributed by atoms with E-state index in [9.17, 15) is 0 Å². The Hall–Kier alpha value is -3.41. The normalized spacial score (nSPS) is 12.4. The van der Waals surface area contributed by atoms with E-state index in [0.29, 0.717) is 31.8 Å². The SMILES string of the molecule is CC(C)N(CCOC(COc1ccccc1)Cn1nc(-c2ccccc2)cc1-c1ccccc1)C(C)C. The van der Waals surface area contributed by atoms with Crippen LogP contribution in [0.5, 0.6) is 5.75 Å². The monoisotopic (exact) mass is 497 g/mol. The molecule has 1 unspecified atom stereocenters. The molecule has 0 aliphatic carbocycles. The maximum atomic E-state index is 6.48. The Labute approximate surface area is 221 Å². The van der Waals surface area contributed by atoms with E-state index in [1.807, 2.05) is 54.6 Å². The zero-order valence-electron chi connectivity index (χ0n) is 22.5. The van der Waals surface area contributed by atoms with E-state index in [-0.39, 0.29) is 6.10 Å². The summed E-state index contributed by atoms with van der Waals surface area (Å²) in [5, 5.41) is 5.02. The van der Waals surface area contributed by atoms with Crippen LogP contribution in [0, 0.1) is 0 Å². The van der Waals surface area contributed by atoms with Crippen molar-refractivity contribution >= 4 is 0 Å². The standard InChI is InChI=1S/C32H39N3O2/c1-25(2)34(26(3)4)20-21-36-30(24-37-29-18-12-7-13-19-29)23-35-32(28-16-10-6-11-17-28)22-31(33-35)27-14-8-5-9-15-27/h5-19,22,25-26,30H,20-21,23-24H2,1-4H3. The van der Waals surface area contributed by atoms with Crippen LogP contribution in [0.3, 0.4) is 0 Å². The lowest BCUT2D eigenvalue weighted by Gasteiger charge is -2.31. The third kappa shape index (κ3) is 7.54. The maximum Gasteiger partial charge on any atom is 0.119 e. The molecule has 0 saturated heterocycles. The van der Waals surface area contributed by atoms with Crippen LogP contribution < -0.4 is 4.74 Å². The highest BCUT2D eigenvalue weighted by molar-refractivity contribution is 5.68. The smallest absolute Gasteiger partial charge is 0.119 e. The Balaban J connectivity index is 1.57. The van der Waals surface area contributed by atoms with E-state index in [0.717, 1.165) is 34.8 Å². The molecule has 0 aliphatic rings. The Morgan fingerprint density at radius 2 is 1.32 bits per heavy atom. The minimum absolute atomic E-state index is 0.160. The van der Waals surface area contributed by atoms with Crippen LogP contribution in [0.4, 0.5) is 0 Å². The fourth-order valence-corrected chi connectivity index (χ4v) is 4.64. The third-order valence-corrected chi connectivity index (χ3v) is 6.50. The second kappa shape index (κ2) is 13.2. The molecule has 1 aromatic heterocycles. The quantitative estimate of drug-likeness (QED) is 0.204. The van der Waals surface area contributed by atoms with Crippen LogP contribution in [0.1, 0.15) is 27.7 Å². The second-order valence-corrected chi connectivity index (χ2v) is 9.87. The first-order valence-corrected chi connectivity index (χ1v) is 13.2. The van der Waals surface area contributed by atoms with Crippen LogP contribution in [0.25, 0.3) is 22.5 Å². The summed E-state index contributed by atoms with van der Waals surface area (Å²) < 4.78 is 14.7. The van der Waals surface area contributed by atoms with Crippen LogP contribution in [-0.4, -0.2) is 52.6 Å². The van der Waals surface area contributed by atoms with Crippen molar-refractivity contribution in [1.29, 1.82) is 0 Å². The average Bonchev–Trinajstić information content (AvgIpc) is 3.34. The van der Waals surface area contributed by atoms with Crippen LogP contribution in [0.15, 0.2) is 97.1 Å². The van der Waals surface area contributed by atoms with Crippen molar-refractivity contribution in [3.8, 4) is 28.3 Å². The van der Waals surface area contributed by atoms with E-state index < -0.39 is 0 Å². The van der Waals surface area contributed by atoms with Gasteiger partial charge in [0, 0.05) is 24.2 Å². The average molecular weight is 498 g/mol. The summed E-state index contributed by atoms with van der Waals surface area (Å²) in [7, 11) is 0. The minimum atomic E-state index is -0.160. The van der Waals surface area contributed by atoms with Gasteiger partial charge in [0.1, 0.15) is 18.5 Å². The number of rotatable bonds is 13. The molecule has 0 bridgehead atoms. The van der Waals surface area contributed by atoms with Gasteiger partial charge in [0.2, 0.25) is 0 Å². The molecule has 1 heterocycles. The van der Waals surface area contributed by atoms with Crippen molar-refractivity contribution in [2.24, 2.45) is 0 Å².